The molecule has 0 aliphatic carbocycles. The van der Waals surface area contributed by atoms with Crippen molar-refractivity contribution in [2.45, 2.75) is 6.54 Å². The van der Waals surface area contributed by atoms with E-state index in [4.69, 9.17) is 10.2 Å². The fourth-order valence-corrected chi connectivity index (χ4v) is 3.82. The molecule has 3 N–H and O–H groups in total. The maximum Gasteiger partial charge on any atom is 0.291 e. The Morgan fingerprint density at radius 2 is 2.10 bits per heavy atom. The molecule has 1 aliphatic rings. The Labute approximate surface area is 172 Å². The third-order valence-corrected chi connectivity index (χ3v) is 5.48. The van der Waals surface area contributed by atoms with Crippen molar-refractivity contribution in [2.24, 2.45) is 10.7 Å². The lowest BCUT2D eigenvalue weighted by molar-refractivity contribution is 0.0996. The van der Waals surface area contributed by atoms with Gasteiger partial charge in [-0.05, 0) is 29.8 Å². The minimum atomic E-state index is -0.284. The molecule has 9 heteroatoms. The summed E-state index contributed by atoms with van der Waals surface area (Å²) in [5.41, 5.74) is 7.86. The zero-order chi connectivity index (χ0) is 20.1. The van der Waals surface area contributed by atoms with Crippen LogP contribution in [0.3, 0.4) is 0 Å². The van der Waals surface area contributed by atoms with Crippen molar-refractivity contribution in [2.75, 3.05) is 36.4 Å². The number of hydrogen-bond donors (Lipinski definition) is 2. The van der Waals surface area contributed by atoms with E-state index >= 15 is 0 Å². The molecule has 3 heterocycles. The van der Waals surface area contributed by atoms with Crippen molar-refractivity contribution in [3.63, 3.8) is 0 Å². The molecule has 1 aliphatic heterocycles. The average Bonchev–Trinajstić information content (AvgIpc) is 3.47. The molecule has 2 aromatic heterocycles. The Morgan fingerprint density at radius 3 is 2.83 bits per heavy atom. The van der Waals surface area contributed by atoms with Crippen LogP contribution in [0.4, 0.5) is 10.8 Å². The van der Waals surface area contributed by atoms with Crippen LogP contribution in [0.25, 0.3) is 0 Å². The second kappa shape index (κ2) is 8.78. The number of amides is 1. The summed E-state index contributed by atoms with van der Waals surface area (Å²) in [6.45, 7) is 3.82. The highest BCUT2D eigenvalue weighted by Crippen LogP contribution is 2.19. The van der Waals surface area contributed by atoms with Gasteiger partial charge in [0, 0.05) is 43.4 Å². The first-order valence-corrected chi connectivity index (χ1v) is 10.2. The van der Waals surface area contributed by atoms with Crippen LogP contribution in [0.15, 0.2) is 63.6 Å². The summed E-state index contributed by atoms with van der Waals surface area (Å²) in [6, 6.07) is 10.9. The van der Waals surface area contributed by atoms with Gasteiger partial charge in [-0.1, -0.05) is 12.1 Å². The van der Waals surface area contributed by atoms with E-state index in [1.807, 2.05) is 35.8 Å². The topological polar surface area (TPSA) is 100.0 Å². The van der Waals surface area contributed by atoms with E-state index in [0.717, 1.165) is 36.9 Å². The van der Waals surface area contributed by atoms with Gasteiger partial charge in [-0.3, -0.25) is 4.79 Å². The Kier molecular flexibility index (Phi) is 5.76. The molecule has 8 nitrogen and oxygen atoms in total. The number of aliphatic imine (C=N–C) groups is 1. The van der Waals surface area contributed by atoms with Gasteiger partial charge >= 0.3 is 0 Å². The third kappa shape index (κ3) is 4.75. The number of aromatic nitrogens is 1. The number of piperazine rings is 1. The molecule has 0 atom stereocenters. The van der Waals surface area contributed by atoms with Gasteiger partial charge in [-0.2, -0.15) is 0 Å². The Hall–Kier alpha value is -3.33. The van der Waals surface area contributed by atoms with Crippen LogP contribution in [0.5, 0.6) is 0 Å². The smallest absolute Gasteiger partial charge is 0.291 e. The molecule has 0 saturated carbocycles. The molecule has 3 aromatic rings. The van der Waals surface area contributed by atoms with Crippen LogP contribution in [0.1, 0.15) is 16.1 Å². The van der Waals surface area contributed by atoms with E-state index < -0.39 is 0 Å². The summed E-state index contributed by atoms with van der Waals surface area (Å²) in [6.07, 6.45) is 3.30. The number of carbonyl (C=O) groups excluding carboxylic acids is 1. The first-order valence-electron chi connectivity index (χ1n) is 9.32. The van der Waals surface area contributed by atoms with Gasteiger partial charge in [-0.15, -0.1) is 11.3 Å². The van der Waals surface area contributed by atoms with Crippen LogP contribution < -0.4 is 16.0 Å². The first-order chi connectivity index (χ1) is 14.2. The normalized spacial score (nSPS) is 14.8. The quantitative estimate of drug-likeness (QED) is 0.495. The fourth-order valence-electron chi connectivity index (χ4n) is 3.12. The van der Waals surface area contributed by atoms with Crippen molar-refractivity contribution in [3.05, 3.63) is 65.6 Å². The summed E-state index contributed by atoms with van der Waals surface area (Å²) in [7, 11) is 0. The Bertz CT molecular complexity index is 963. The van der Waals surface area contributed by atoms with Crippen LogP contribution in [0, 0.1) is 0 Å². The Morgan fingerprint density at radius 1 is 1.24 bits per heavy atom. The molecule has 150 valence electrons. The van der Waals surface area contributed by atoms with Crippen molar-refractivity contribution in [3.8, 4) is 0 Å². The van der Waals surface area contributed by atoms with E-state index in [1.54, 1.807) is 23.5 Å². The van der Waals surface area contributed by atoms with Crippen molar-refractivity contribution < 1.29 is 9.21 Å². The molecule has 4 rings (SSSR count). The molecule has 1 saturated heterocycles. The summed E-state index contributed by atoms with van der Waals surface area (Å²) in [5.74, 6) is 0.525. The number of nitrogens with one attached hydrogen (secondary N) is 1. The predicted molar refractivity (Wildman–Crippen MR) is 114 cm³/mol. The van der Waals surface area contributed by atoms with Gasteiger partial charge in [0.25, 0.3) is 5.91 Å². The minimum absolute atomic E-state index is 0.273. The molecule has 1 fully saturated rings. The highest BCUT2D eigenvalue weighted by molar-refractivity contribution is 7.13. The lowest BCUT2D eigenvalue weighted by atomic mass is 10.2. The first kappa shape index (κ1) is 19.0. The van der Waals surface area contributed by atoms with E-state index in [2.05, 4.69) is 25.1 Å². The average molecular weight is 411 g/mol. The molecule has 29 heavy (non-hydrogen) atoms. The number of furan rings is 1. The number of guanidine groups is 1. The van der Waals surface area contributed by atoms with Crippen molar-refractivity contribution >= 4 is 34.0 Å². The lowest BCUT2D eigenvalue weighted by Crippen LogP contribution is -2.51. The SMILES string of the molecule is NC(=NCc1cccc(NC(=O)c2ccco2)c1)N1CCN(c2nccs2)CC1. The molecule has 0 unspecified atom stereocenters. The van der Waals surface area contributed by atoms with Gasteiger partial charge in [0.2, 0.25) is 0 Å². The fraction of sp³-hybridized carbons (Fsp3) is 0.250. The Balaban J connectivity index is 1.32. The zero-order valence-electron chi connectivity index (χ0n) is 15.8. The zero-order valence-corrected chi connectivity index (χ0v) is 16.6. The molecule has 1 amide bonds. The molecule has 0 spiro atoms. The molecular formula is C20H22N6O2S. The minimum Gasteiger partial charge on any atom is -0.459 e. The molecular weight excluding hydrogens is 388 g/mol. The largest absolute Gasteiger partial charge is 0.459 e. The number of nitrogens with two attached hydrogens (primary N) is 1. The summed E-state index contributed by atoms with van der Waals surface area (Å²) in [4.78, 5) is 25.4. The number of carbonyl (C=O) groups is 1. The van der Waals surface area contributed by atoms with E-state index in [1.165, 1.54) is 6.26 Å². The van der Waals surface area contributed by atoms with E-state index in [-0.39, 0.29) is 11.7 Å². The number of thiazole rings is 1. The van der Waals surface area contributed by atoms with E-state index in [0.29, 0.717) is 18.2 Å². The number of benzene rings is 1. The van der Waals surface area contributed by atoms with Gasteiger partial charge in [0.05, 0.1) is 12.8 Å². The van der Waals surface area contributed by atoms with Crippen LogP contribution >= 0.6 is 11.3 Å². The second-order valence-corrected chi connectivity index (χ2v) is 7.47. The summed E-state index contributed by atoms with van der Waals surface area (Å²) in [5, 5.41) is 5.86. The number of anilines is 2. The molecule has 0 radical (unpaired) electrons. The van der Waals surface area contributed by atoms with Gasteiger partial charge in [0.15, 0.2) is 16.9 Å². The standard InChI is InChI=1S/C20H22N6O2S/c21-19(25-7-9-26(10-8-25)20-22-6-12-29-20)23-14-15-3-1-4-16(13-15)24-18(27)17-5-2-11-28-17/h1-6,11-13H,7-10,14H2,(H2,21,23)(H,24,27). The van der Waals surface area contributed by atoms with Gasteiger partial charge in [0.1, 0.15) is 0 Å². The monoisotopic (exact) mass is 410 g/mol. The van der Waals surface area contributed by atoms with Crippen LogP contribution in [0.2, 0.25) is 0 Å². The summed E-state index contributed by atoms with van der Waals surface area (Å²) >= 11 is 1.65. The van der Waals surface area contributed by atoms with Gasteiger partial charge < -0.3 is 25.3 Å². The van der Waals surface area contributed by atoms with Crippen molar-refractivity contribution in [1.82, 2.24) is 9.88 Å². The predicted octanol–water partition coefficient (Wildman–Crippen LogP) is 2.63. The van der Waals surface area contributed by atoms with E-state index in [9.17, 15) is 4.79 Å². The lowest BCUT2D eigenvalue weighted by Gasteiger charge is -2.35. The summed E-state index contributed by atoms with van der Waals surface area (Å²) < 4.78 is 5.11. The van der Waals surface area contributed by atoms with Gasteiger partial charge in [-0.25, -0.2) is 9.98 Å². The molecule has 1 aromatic carbocycles. The number of rotatable bonds is 5. The van der Waals surface area contributed by atoms with Crippen LogP contribution in [-0.4, -0.2) is 47.9 Å². The maximum atomic E-state index is 12.1. The maximum absolute atomic E-state index is 12.1. The molecule has 0 bridgehead atoms. The second-order valence-electron chi connectivity index (χ2n) is 6.60. The number of nitrogens with zero attached hydrogens (tertiary/aromatic N) is 4. The van der Waals surface area contributed by atoms with Crippen molar-refractivity contribution in [1.29, 1.82) is 0 Å². The highest BCUT2D eigenvalue weighted by Gasteiger charge is 2.19. The number of hydrogen-bond acceptors (Lipinski definition) is 6. The third-order valence-electron chi connectivity index (χ3n) is 4.65. The highest BCUT2D eigenvalue weighted by atomic mass is 32.1. The van der Waals surface area contributed by atoms with Crippen LogP contribution in [-0.2, 0) is 6.54 Å².